The van der Waals surface area contributed by atoms with Crippen LogP contribution >= 0.6 is 0 Å². The first-order valence-corrected chi connectivity index (χ1v) is 11.2. The highest BCUT2D eigenvalue weighted by molar-refractivity contribution is 5.19. The van der Waals surface area contributed by atoms with Gasteiger partial charge in [0, 0.05) is 0 Å². The summed E-state index contributed by atoms with van der Waals surface area (Å²) in [6.07, 6.45) is -50.8. The molecule has 0 heterocycles. The summed E-state index contributed by atoms with van der Waals surface area (Å²) in [4.78, 5) is 0. The van der Waals surface area contributed by atoms with Crippen molar-refractivity contribution in [3.05, 3.63) is 23.7 Å². The largest absolute Gasteiger partial charge is 0.460 e. The molecule has 0 aliphatic carbocycles. The summed E-state index contributed by atoms with van der Waals surface area (Å²) < 4.78 is 449. The van der Waals surface area contributed by atoms with E-state index in [1.165, 1.54) is 0 Å². The Morgan fingerprint density at radius 2 is 0.473 bits per heavy atom. The number of ether oxygens (including phenoxy) is 3. The van der Waals surface area contributed by atoms with Crippen LogP contribution < -0.4 is 0 Å². The second kappa shape index (κ2) is 13.7. The van der Waals surface area contributed by atoms with Crippen LogP contribution in [-0.4, -0.2) is 84.2 Å². The van der Waals surface area contributed by atoms with Crippen LogP contribution in [0.5, 0.6) is 0 Å². The molecule has 0 aliphatic rings. The summed E-state index contributed by atoms with van der Waals surface area (Å²) in [6, 6.07) is -10.7. The van der Waals surface area contributed by atoms with Gasteiger partial charge in [0.25, 0.3) is 0 Å². The van der Waals surface area contributed by atoms with Crippen molar-refractivity contribution in [1.29, 1.82) is 0 Å². The molecule has 37 heteroatoms. The van der Waals surface area contributed by atoms with Crippen LogP contribution in [0.1, 0.15) is 0 Å². The highest BCUT2D eigenvalue weighted by Gasteiger charge is 2.89. The zero-order valence-electron chi connectivity index (χ0n) is 23.1. The van der Waals surface area contributed by atoms with Crippen molar-refractivity contribution >= 4 is 0 Å². The van der Waals surface area contributed by atoms with Gasteiger partial charge in [-0.2, -0.15) is 149 Å². The van der Waals surface area contributed by atoms with Crippen LogP contribution in [-0.2, 0) is 14.2 Å². The number of alkyl halides is 30. The fraction of sp³-hybridized carbons (Fsp3) is 0.778. The molecule has 328 valence electrons. The summed E-state index contributed by atoms with van der Waals surface area (Å²) >= 11 is 0. The average Bonchev–Trinajstić information content (AvgIpc) is 2.92. The van der Waals surface area contributed by atoms with Gasteiger partial charge in [0.1, 0.15) is 0 Å². The third-order valence-corrected chi connectivity index (χ3v) is 5.38. The van der Waals surface area contributed by atoms with Gasteiger partial charge in [-0.25, -0.2) is 0 Å². The van der Waals surface area contributed by atoms with Gasteiger partial charge in [-0.15, -0.1) is 0 Å². The molecule has 2 atom stereocenters. The zero-order chi connectivity index (χ0) is 45.4. The minimum absolute atomic E-state index is 0.931. The van der Waals surface area contributed by atoms with E-state index in [4.69, 9.17) is 0 Å². The summed E-state index contributed by atoms with van der Waals surface area (Å²) in [5, 5.41) is 0. The lowest BCUT2D eigenvalue weighted by Crippen LogP contribution is -2.67. The fourth-order valence-corrected chi connectivity index (χ4v) is 2.50. The van der Waals surface area contributed by atoms with Gasteiger partial charge in [-0.1, -0.05) is 0 Å². The maximum atomic E-state index is 14.1. The van der Waals surface area contributed by atoms with E-state index in [1.807, 2.05) is 0 Å². The molecule has 0 aliphatic heterocycles. The lowest BCUT2D eigenvalue weighted by atomic mass is 10.1. The van der Waals surface area contributed by atoms with Gasteiger partial charge < -0.3 is 4.74 Å². The molecular formula is C18F34O3. The zero-order valence-corrected chi connectivity index (χ0v) is 23.1. The molecule has 55 heavy (non-hydrogen) atoms. The van der Waals surface area contributed by atoms with E-state index >= 15 is 0 Å². The molecule has 3 nitrogen and oxygen atoms in total. The molecule has 0 saturated carbocycles. The molecule has 0 aromatic carbocycles. The van der Waals surface area contributed by atoms with E-state index < -0.39 is 108 Å². The predicted octanol–water partition coefficient (Wildman–Crippen LogP) is 11.8. The molecule has 0 saturated heterocycles. The first-order valence-electron chi connectivity index (χ1n) is 11.2. The van der Waals surface area contributed by atoms with E-state index in [9.17, 15) is 149 Å². The Hall–Kier alpha value is -3.18. The molecule has 0 fully saturated rings. The average molecular weight is 910 g/mol. The minimum atomic E-state index is -8.80. The normalized spacial score (nSPS) is 19.0. The Morgan fingerprint density at radius 3 is 0.636 bits per heavy atom. The van der Waals surface area contributed by atoms with Crippen molar-refractivity contribution in [2.24, 2.45) is 0 Å². The molecule has 0 aromatic heterocycles. The number of hydrogen-bond acceptors (Lipinski definition) is 3. The molecule has 0 N–H and O–H groups in total. The van der Waals surface area contributed by atoms with Gasteiger partial charge in [0.05, 0.1) is 0 Å². The quantitative estimate of drug-likeness (QED) is 0.128. The first kappa shape index (κ1) is 51.8. The molecule has 2 unspecified atom stereocenters. The standard InChI is InChI=1S/C18F34O3/c19-1(5(23,24)11(35,15(43,44)45)54-17(49,50)9(31,32)7(27,28)13(37,38)39)3(21)53-4(22)2(20)6(25,26)12(36,16(46,47)48)55-18(51,52)10(33,34)8(29,30)14(40,41)42. The summed E-state index contributed by atoms with van der Waals surface area (Å²) in [7, 11) is 0. The van der Waals surface area contributed by atoms with Crippen LogP contribution in [0.25, 0.3) is 0 Å². The maximum Gasteiger partial charge on any atom is 0.460 e. The molecule has 0 rings (SSSR count). The van der Waals surface area contributed by atoms with Crippen molar-refractivity contribution in [3.63, 3.8) is 0 Å². The Labute approximate surface area is 273 Å². The van der Waals surface area contributed by atoms with Crippen molar-refractivity contribution in [1.82, 2.24) is 0 Å². The SMILES string of the molecule is FC(OC(F)=C(F)C(F)(F)C(F)(OC(F)(F)C(F)(F)C(F)(F)C(F)(F)F)C(F)(F)F)=C(F)C(F)(F)C(F)(OC(F)(F)C(F)(F)C(F)(F)C(F)(F)F)C(F)(F)F. The number of hydrogen-bond donors (Lipinski definition) is 0. The van der Waals surface area contributed by atoms with E-state index in [2.05, 4.69) is 0 Å². The molecule has 0 spiro atoms. The van der Waals surface area contributed by atoms with E-state index in [0.29, 0.717) is 0 Å². The van der Waals surface area contributed by atoms with Crippen molar-refractivity contribution in [2.75, 3.05) is 0 Å². The smallest absolute Gasteiger partial charge is 0.400 e. The molecule has 0 amide bonds. The van der Waals surface area contributed by atoms with E-state index in [1.54, 1.807) is 4.74 Å². The van der Waals surface area contributed by atoms with E-state index in [-0.39, 0.29) is 0 Å². The number of rotatable bonds is 14. The van der Waals surface area contributed by atoms with Crippen LogP contribution in [0.3, 0.4) is 0 Å². The lowest BCUT2D eigenvalue weighted by Gasteiger charge is -2.39. The summed E-state index contributed by atoms with van der Waals surface area (Å²) in [6.45, 7) is 0. The molecule has 0 aromatic rings. The van der Waals surface area contributed by atoms with Crippen LogP contribution in [0, 0.1) is 0 Å². The second-order valence-corrected chi connectivity index (χ2v) is 9.14. The first-order chi connectivity index (χ1) is 23.3. The third kappa shape index (κ3) is 8.03. The Morgan fingerprint density at radius 1 is 0.273 bits per heavy atom. The van der Waals surface area contributed by atoms with Crippen LogP contribution in [0.15, 0.2) is 23.7 Å². The van der Waals surface area contributed by atoms with Gasteiger partial charge in [-0.05, 0) is 0 Å². The fourth-order valence-electron chi connectivity index (χ4n) is 2.50. The van der Waals surface area contributed by atoms with Crippen LogP contribution in [0.2, 0.25) is 0 Å². The van der Waals surface area contributed by atoms with Crippen molar-refractivity contribution in [3.8, 4) is 0 Å². The predicted molar refractivity (Wildman–Crippen MR) is 93.2 cm³/mol. The molecule has 0 bridgehead atoms. The minimum Gasteiger partial charge on any atom is -0.400 e. The lowest BCUT2D eigenvalue weighted by molar-refractivity contribution is -0.510. The molecular weight excluding hydrogens is 910 g/mol. The third-order valence-electron chi connectivity index (χ3n) is 5.38. The maximum absolute atomic E-state index is 14.1. The topological polar surface area (TPSA) is 27.7 Å². The van der Waals surface area contributed by atoms with Gasteiger partial charge in [0.15, 0.2) is 0 Å². The monoisotopic (exact) mass is 910 g/mol. The Bertz CT molecular complexity index is 1350. The summed E-state index contributed by atoms with van der Waals surface area (Å²) in [5.74, 6) is -80.9. The highest BCUT2D eigenvalue weighted by atomic mass is 19.5. The van der Waals surface area contributed by atoms with Crippen LogP contribution in [0.4, 0.5) is 149 Å². The highest BCUT2D eigenvalue weighted by Crippen LogP contribution is 2.61. The van der Waals surface area contributed by atoms with Crippen molar-refractivity contribution < 1.29 is 163 Å². The summed E-state index contributed by atoms with van der Waals surface area (Å²) in [5.41, 5.74) is 0. The molecule has 0 radical (unpaired) electrons. The Kier molecular flexibility index (Phi) is 12.9. The second-order valence-electron chi connectivity index (χ2n) is 9.14. The van der Waals surface area contributed by atoms with Gasteiger partial charge in [0.2, 0.25) is 11.7 Å². The number of halogens is 34. The Balaban J connectivity index is 7.48. The van der Waals surface area contributed by atoms with E-state index in [0.717, 1.165) is 9.47 Å². The van der Waals surface area contributed by atoms with Gasteiger partial charge >= 0.3 is 96.2 Å². The van der Waals surface area contributed by atoms with Crippen molar-refractivity contribution in [2.45, 2.75) is 84.2 Å². The van der Waals surface area contributed by atoms with Gasteiger partial charge in [-0.3, -0.25) is 9.47 Å².